The van der Waals surface area contributed by atoms with Crippen molar-refractivity contribution in [3.8, 4) is 11.1 Å². The Morgan fingerprint density at radius 1 is 0.939 bits per heavy atom. The van der Waals surface area contributed by atoms with Crippen LogP contribution in [0.5, 0.6) is 0 Å². The number of benzene rings is 2. The number of ketones is 1. The minimum absolute atomic E-state index is 0.114. The van der Waals surface area contributed by atoms with Gasteiger partial charge in [0.25, 0.3) is 0 Å². The van der Waals surface area contributed by atoms with Crippen LogP contribution >= 0.6 is 11.3 Å². The van der Waals surface area contributed by atoms with E-state index in [-0.39, 0.29) is 5.78 Å². The molecule has 2 aromatic heterocycles. The van der Waals surface area contributed by atoms with Crippen molar-refractivity contribution in [1.82, 2.24) is 4.98 Å². The zero-order chi connectivity index (χ0) is 22.7. The summed E-state index contributed by atoms with van der Waals surface area (Å²) in [6.07, 6.45) is 3.48. The fraction of sp³-hybridized carbons (Fsp3) is 0.214. The summed E-state index contributed by atoms with van der Waals surface area (Å²) >= 11 is 1.49. The van der Waals surface area contributed by atoms with E-state index >= 15 is 0 Å². The van der Waals surface area contributed by atoms with Gasteiger partial charge < -0.3 is 10.0 Å². The van der Waals surface area contributed by atoms with Gasteiger partial charge in [0.05, 0.1) is 10.5 Å². The molecule has 0 radical (unpaired) electrons. The number of thiophene rings is 1. The maximum atomic E-state index is 12.8. The molecule has 1 aliphatic rings. The fourth-order valence-electron chi connectivity index (χ4n) is 4.39. The Morgan fingerprint density at radius 2 is 1.64 bits per heavy atom. The van der Waals surface area contributed by atoms with Crippen molar-refractivity contribution < 1.29 is 9.90 Å². The average Bonchev–Trinajstić information content (AvgIpc) is 3.37. The third-order valence-corrected chi connectivity index (χ3v) is 7.35. The molecule has 33 heavy (non-hydrogen) atoms. The molecule has 1 fully saturated rings. The Kier molecular flexibility index (Phi) is 6.07. The summed E-state index contributed by atoms with van der Waals surface area (Å²) in [7, 11) is 0. The molecule has 0 amide bonds. The highest BCUT2D eigenvalue weighted by Gasteiger charge is 2.34. The van der Waals surface area contributed by atoms with Crippen molar-refractivity contribution in [2.75, 3.05) is 18.0 Å². The number of carbonyl (C=O) groups is 1. The molecule has 1 aliphatic heterocycles. The van der Waals surface area contributed by atoms with Crippen molar-refractivity contribution in [1.29, 1.82) is 0 Å². The molecule has 1 N–H and O–H groups in total. The van der Waals surface area contributed by atoms with Gasteiger partial charge in [0.1, 0.15) is 5.82 Å². The molecule has 2 aromatic carbocycles. The molecule has 0 saturated carbocycles. The number of rotatable bonds is 6. The van der Waals surface area contributed by atoms with E-state index in [0.717, 1.165) is 46.0 Å². The van der Waals surface area contributed by atoms with Gasteiger partial charge >= 0.3 is 0 Å². The number of aromatic nitrogens is 1. The van der Waals surface area contributed by atoms with Crippen LogP contribution in [-0.4, -0.2) is 29.0 Å². The largest absolute Gasteiger partial charge is 0.385 e. The molecule has 1 saturated heterocycles. The monoisotopic (exact) mass is 454 g/mol. The number of hydrogen-bond acceptors (Lipinski definition) is 5. The fourth-order valence-corrected chi connectivity index (χ4v) is 5.24. The van der Waals surface area contributed by atoms with Crippen LogP contribution in [-0.2, 0) is 12.0 Å². The molecular formula is C28H26N2O2S. The molecule has 4 aromatic rings. The lowest BCUT2D eigenvalue weighted by Crippen LogP contribution is -2.42. The maximum absolute atomic E-state index is 12.8. The molecule has 5 rings (SSSR count). The van der Waals surface area contributed by atoms with Crippen molar-refractivity contribution >= 4 is 22.9 Å². The Morgan fingerprint density at radius 3 is 2.30 bits per heavy atom. The molecular weight excluding hydrogens is 428 g/mol. The number of piperidine rings is 1. The molecule has 4 nitrogen and oxygen atoms in total. The van der Waals surface area contributed by atoms with E-state index in [9.17, 15) is 9.90 Å². The SMILES string of the molecule is O=C(Cc1ccc(N2CCC(O)(c3ccccc3)CC2)nc1)c1cc(-c2ccccc2)cs1. The van der Waals surface area contributed by atoms with Crippen molar-refractivity contribution in [3.63, 3.8) is 0 Å². The van der Waals surface area contributed by atoms with Gasteiger partial charge in [-0.05, 0) is 52.6 Å². The molecule has 166 valence electrons. The summed E-state index contributed by atoms with van der Waals surface area (Å²) in [6, 6.07) is 26.0. The highest BCUT2D eigenvalue weighted by molar-refractivity contribution is 7.12. The lowest BCUT2D eigenvalue weighted by molar-refractivity contribution is 0.0116. The van der Waals surface area contributed by atoms with Crippen molar-refractivity contribution in [2.24, 2.45) is 0 Å². The highest BCUT2D eigenvalue weighted by Crippen LogP contribution is 2.34. The Balaban J connectivity index is 1.20. The normalized spacial score (nSPS) is 15.4. The van der Waals surface area contributed by atoms with E-state index in [0.29, 0.717) is 19.3 Å². The first-order chi connectivity index (χ1) is 16.1. The van der Waals surface area contributed by atoms with Crippen LogP contribution in [0.15, 0.2) is 90.4 Å². The molecule has 3 heterocycles. The summed E-state index contributed by atoms with van der Waals surface area (Å²) in [4.78, 5) is 20.4. The van der Waals surface area contributed by atoms with Crippen molar-refractivity contribution in [3.05, 3.63) is 106 Å². The molecule has 0 unspecified atom stereocenters. The first-order valence-corrected chi connectivity index (χ1v) is 12.1. The van der Waals surface area contributed by atoms with Crippen LogP contribution < -0.4 is 4.90 Å². The van der Waals surface area contributed by atoms with Crippen LogP contribution in [0.25, 0.3) is 11.1 Å². The predicted molar refractivity (Wildman–Crippen MR) is 134 cm³/mol. The van der Waals surface area contributed by atoms with Gasteiger partial charge in [-0.1, -0.05) is 66.7 Å². The second-order valence-corrected chi connectivity index (χ2v) is 9.49. The zero-order valence-electron chi connectivity index (χ0n) is 18.4. The number of pyridine rings is 1. The lowest BCUT2D eigenvalue weighted by Gasteiger charge is -2.39. The van der Waals surface area contributed by atoms with Gasteiger partial charge in [0, 0.05) is 25.7 Å². The van der Waals surface area contributed by atoms with E-state index in [1.54, 1.807) is 6.20 Å². The molecule has 0 bridgehead atoms. The summed E-state index contributed by atoms with van der Waals surface area (Å²) in [6.45, 7) is 1.49. The maximum Gasteiger partial charge on any atom is 0.177 e. The van der Waals surface area contributed by atoms with E-state index in [1.165, 1.54) is 11.3 Å². The van der Waals surface area contributed by atoms with Gasteiger partial charge in [-0.25, -0.2) is 4.98 Å². The van der Waals surface area contributed by atoms with Gasteiger partial charge in [0.2, 0.25) is 0 Å². The number of aliphatic hydroxyl groups is 1. The minimum Gasteiger partial charge on any atom is -0.385 e. The van der Waals surface area contributed by atoms with Gasteiger partial charge in [-0.2, -0.15) is 0 Å². The summed E-state index contributed by atoms with van der Waals surface area (Å²) in [5, 5.41) is 13.1. The van der Waals surface area contributed by atoms with Gasteiger partial charge in [-0.3, -0.25) is 4.79 Å². The molecule has 0 aliphatic carbocycles. The Bertz CT molecular complexity index is 1210. The third-order valence-electron chi connectivity index (χ3n) is 6.38. The highest BCUT2D eigenvalue weighted by atomic mass is 32.1. The Labute approximate surface area is 198 Å². The van der Waals surface area contributed by atoms with E-state index in [1.807, 2.05) is 72.1 Å². The molecule has 5 heteroatoms. The van der Waals surface area contributed by atoms with Crippen LogP contribution in [0.3, 0.4) is 0 Å². The zero-order valence-corrected chi connectivity index (χ0v) is 19.2. The first kappa shape index (κ1) is 21.6. The second kappa shape index (κ2) is 9.30. The topological polar surface area (TPSA) is 53.4 Å². The van der Waals surface area contributed by atoms with Crippen LogP contribution in [0, 0.1) is 0 Å². The molecule has 0 atom stereocenters. The third kappa shape index (κ3) is 4.75. The predicted octanol–water partition coefficient (Wildman–Crippen LogP) is 5.72. The first-order valence-electron chi connectivity index (χ1n) is 11.3. The van der Waals surface area contributed by atoms with E-state index < -0.39 is 5.60 Å². The Hall–Kier alpha value is -3.28. The van der Waals surface area contributed by atoms with Crippen molar-refractivity contribution in [2.45, 2.75) is 24.9 Å². The minimum atomic E-state index is -0.774. The standard InChI is InChI=1S/C28H26N2O2S/c31-25(26-18-23(20-33-26)22-7-3-1-4-8-22)17-21-11-12-27(29-19-21)30-15-13-28(32,14-16-30)24-9-5-2-6-10-24/h1-12,18-20,32H,13-17H2. The number of hydrogen-bond donors (Lipinski definition) is 1. The number of nitrogens with zero attached hydrogens (tertiary/aromatic N) is 2. The van der Waals surface area contributed by atoms with E-state index in [2.05, 4.69) is 22.0 Å². The van der Waals surface area contributed by atoms with Gasteiger partial charge in [0.15, 0.2) is 5.78 Å². The summed E-state index contributed by atoms with van der Waals surface area (Å²) < 4.78 is 0. The summed E-state index contributed by atoms with van der Waals surface area (Å²) in [5.74, 6) is 1.01. The second-order valence-electron chi connectivity index (χ2n) is 8.57. The summed E-state index contributed by atoms with van der Waals surface area (Å²) in [5.41, 5.74) is 3.33. The van der Waals surface area contributed by atoms with Crippen LogP contribution in [0.4, 0.5) is 5.82 Å². The number of Topliss-reactive ketones (excluding diaryl/α,β-unsaturated/α-hetero) is 1. The average molecular weight is 455 g/mol. The van der Waals surface area contributed by atoms with Crippen LogP contribution in [0.2, 0.25) is 0 Å². The molecule has 0 spiro atoms. The lowest BCUT2D eigenvalue weighted by atomic mass is 9.84. The van der Waals surface area contributed by atoms with E-state index in [4.69, 9.17) is 0 Å². The number of anilines is 1. The quantitative estimate of drug-likeness (QED) is 0.379. The number of carbonyl (C=O) groups excluding carboxylic acids is 1. The smallest absolute Gasteiger partial charge is 0.177 e. The van der Waals surface area contributed by atoms with Gasteiger partial charge in [-0.15, -0.1) is 11.3 Å². The van der Waals surface area contributed by atoms with Crippen LogP contribution in [0.1, 0.15) is 33.6 Å².